The van der Waals surface area contributed by atoms with E-state index in [0.717, 1.165) is 40.7 Å². The van der Waals surface area contributed by atoms with E-state index in [-0.39, 0.29) is 12.1 Å². The van der Waals surface area contributed by atoms with Gasteiger partial charge in [0.05, 0.1) is 31.0 Å². The molecule has 1 aromatic carbocycles. The summed E-state index contributed by atoms with van der Waals surface area (Å²) in [6, 6.07) is 4.16. The number of ether oxygens (including phenoxy) is 1. The Morgan fingerprint density at radius 1 is 1.13 bits per heavy atom. The molecule has 1 saturated heterocycles. The highest BCUT2D eigenvalue weighted by Crippen LogP contribution is 2.29. The van der Waals surface area contributed by atoms with Gasteiger partial charge in [0.25, 0.3) is 5.56 Å². The van der Waals surface area contributed by atoms with E-state index in [4.69, 9.17) is 4.74 Å². The van der Waals surface area contributed by atoms with Gasteiger partial charge in [0, 0.05) is 24.5 Å². The minimum atomic E-state index is -0.889. The van der Waals surface area contributed by atoms with E-state index in [1.54, 1.807) is 29.3 Å². The van der Waals surface area contributed by atoms with Crippen LogP contribution in [0.1, 0.15) is 40.0 Å². The van der Waals surface area contributed by atoms with Crippen LogP contribution in [0.2, 0.25) is 0 Å². The van der Waals surface area contributed by atoms with E-state index in [1.165, 1.54) is 16.7 Å². The standard InChI is InChI=1S/C24H31N3O3S/c1-15-16(2)20(30-5)7-6-19(15)12-26-10-8-24(29,9-11-26)13-27-14-25-22-21(23(27)28)17(3)18(4)31-22/h6-7,14,29H,8-13H2,1-5H3. The van der Waals surface area contributed by atoms with Crippen LogP contribution in [0.25, 0.3) is 10.2 Å². The van der Waals surface area contributed by atoms with E-state index < -0.39 is 5.60 Å². The van der Waals surface area contributed by atoms with Crippen molar-refractivity contribution in [3.8, 4) is 5.75 Å². The maximum atomic E-state index is 13.0. The van der Waals surface area contributed by atoms with Crippen LogP contribution in [-0.4, -0.2) is 45.4 Å². The highest BCUT2D eigenvalue weighted by atomic mass is 32.1. The Labute approximate surface area is 187 Å². The quantitative estimate of drug-likeness (QED) is 0.654. The molecule has 0 amide bonds. The average molecular weight is 442 g/mol. The first-order chi connectivity index (χ1) is 14.7. The number of benzene rings is 1. The number of nitrogens with zero attached hydrogens (tertiary/aromatic N) is 3. The molecule has 31 heavy (non-hydrogen) atoms. The number of rotatable bonds is 5. The highest BCUT2D eigenvalue weighted by molar-refractivity contribution is 7.18. The van der Waals surface area contributed by atoms with E-state index in [1.807, 2.05) is 19.9 Å². The summed E-state index contributed by atoms with van der Waals surface area (Å²) < 4.78 is 7.01. The van der Waals surface area contributed by atoms with E-state index in [0.29, 0.717) is 18.2 Å². The highest BCUT2D eigenvalue weighted by Gasteiger charge is 2.33. The Kier molecular flexibility index (Phi) is 5.94. The molecule has 3 heterocycles. The molecule has 0 saturated carbocycles. The molecule has 0 bridgehead atoms. The number of aromatic nitrogens is 2. The first kappa shape index (κ1) is 22.0. The lowest BCUT2D eigenvalue weighted by atomic mass is 9.90. The fraction of sp³-hybridized carbons (Fsp3) is 0.500. The van der Waals surface area contributed by atoms with Gasteiger partial charge < -0.3 is 9.84 Å². The normalized spacial score (nSPS) is 16.7. The zero-order chi connectivity index (χ0) is 22.3. The van der Waals surface area contributed by atoms with Crippen LogP contribution in [0.4, 0.5) is 0 Å². The molecule has 1 N–H and O–H groups in total. The number of aliphatic hydroxyl groups is 1. The maximum absolute atomic E-state index is 13.0. The van der Waals surface area contributed by atoms with Crippen molar-refractivity contribution in [2.45, 2.75) is 59.2 Å². The number of hydrogen-bond acceptors (Lipinski definition) is 6. The number of aryl methyl sites for hydroxylation is 2. The van der Waals surface area contributed by atoms with Gasteiger partial charge in [-0.05, 0) is 68.9 Å². The number of piperidine rings is 1. The molecule has 6 nitrogen and oxygen atoms in total. The number of likely N-dealkylation sites (tertiary alicyclic amines) is 1. The van der Waals surface area contributed by atoms with Crippen molar-refractivity contribution in [3.05, 3.63) is 55.9 Å². The molecule has 7 heteroatoms. The lowest BCUT2D eigenvalue weighted by Crippen LogP contribution is -2.47. The first-order valence-electron chi connectivity index (χ1n) is 10.8. The van der Waals surface area contributed by atoms with E-state index in [9.17, 15) is 9.90 Å². The molecule has 4 rings (SSSR count). The van der Waals surface area contributed by atoms with Crippen LogP contribution in [0.15, 0.2) is 23.3 Å². The van der Waals surface area contributed by atoms with Crippen molar-refractivity contribution in [2.75, 3.05) is 20.2 Å². The third kappa shape index (κ3) is 4.14. The zero-order valence-electron chi connectivity index (χ0n) is 19.0. The fourth-order valence-electron chi connectivity index (χ4n) is 4.47. The summed E-state index contributed by atoms with van der Waals surface area (Å²) in [6.45, 7) is 10.9. The number of methoxy groups -OCH3 is 1. The van der Waals surface area contributed by atoms with Crippen molar-refractivity contribution in [3.63, 3.8) is 0 Å². The van der Waals surface area contributed by atoms with Crippen LogP contribution >= 0.6 is 11.3 Å². The van der Waals surface area contributed by atoms with Crippen molar-refractivity contribution >= 4 is 21.6 Å². The Balaban J connectivity index is 1.45. The smallest absolute Gasteiger partial charge is 0.262 e. The van der Waals surface area contributed by atoms with E-state index in [2.05, 4.69) is 29.8 Å². The average Bonchev–Trinajstić information content (AvgIpc) is 3.04. The predicted molar refractivity (Wildman–Crippen MR) is 125 cm³/mol. The molecule has 0 radical (unpaired) electrons. The van der Waals surface area contributed by atoms with Gasteiger partial charge in [-0.1, -0.05) is 6.07 Å². The summed E-state index contributed by atoms with van der Waals surface area (Å²) in [5, 5.41) is 11.9. The van der Waals surface area contributed by atoms with Crippen molar-refractivity contribution in [1.29, 1.82) is 0 Å². The minimum Gasteiger partial charge on any atom is -0.496 e. The monoisotopic (exact) mass is 441 g/mol. The van der Waals surface area contributed by atoms with E-state index >= 15 is 0 Å². The molecule has 166 valence electrons. The summed E-state index contributed by atoms with van der Waals surface area (Å²) >= 11 is 1.55. The van der Waals surface area contributed by atoms with Gasteiger partial charge in [0.15, 0.2) is 0 Å². The Hall–Kier alpha value is -2.22. The van der Waals surface area contributed by atoms with Gasteiger partial charge in [-0.25, -0.2) is 4.98 Å². The van der Waals surface area contributed by atoms with Crippen LogP contribution in [-0.2, 0) is 13.1 Å². The molecular formula is C24H31N3O3S. The Morgan fingerprint density at radius 3 is 2.52 bits per heavy atom. The second-order valence-corrected chi connectivity index (χ2v) is 10.0. The summed E-state index contributed by atoms with van der Waals surface area (Å²) in [4.78, 5) is 21.8. The number of fused-ring (bicyclic) bond motifs is 1. The van der Waals surface area contributed by atoms with Crippen LogP contribution in [0.3, 0.4) is 0 Å². The van der Waals surface area contributed by atoms with Gasteiger partial charge in [0.1, 0.15) is 10.6 Å². The SMILES string of the molecule is COc1ccc(CN2CCC(O)(Cn3cnc4sc(C)c(C)c4c3=O)CC2)c(C)c1C. The molecule has 0 spiro atoms. The summed E-state index contributed by atoms with van der Waals surface area (Å²) in [7, 11) is 1.70. The van der Waals surface area contributed by atoms with Crippen molar-refractivity contribution in [1.82, 2.24) is 14.5 Å². The Morgan fingerprint density at radius 2 is 1.84 bits per heavy atom. The van der Waals surface area contributed by atoms with Gasteiger partial charge in [0.2, 0.25) is 0 Å². The van der Waals surface area contributed by atoms with Crippen molar-refractivity contribution in [2.24, 2.45) is 0 Å². The number of thiophene rings is 1. The summed E-state index contributed by atoms with van der Waals surface area (Å²) in [6.07, 6.45) is 2.86. The third-order valence-corrected chi connectivity index (χ3v) is 7.99. The van der Waals surface area contributed by atoms with Crippen LogP contribution in [0.5, 0.6) is 5.75 Å². The first-order valence-corrected chi connectivity index (χ1v) is 11.6. The molecule has 0 unspecified atom stereocenters. The lowest BCUT2D eigenvalue weighted by molar-refractivity contribution is -0.0365. The van der Waals surface area contributed by atoms with Gasteiger partial charge in [-0.2, -0.15) is 0 Å². The Bertz CT molecular complexity index is 1170. The minimum absolute atomic E-state index is 0.0490. The second kappa shape index (κ2) is 8.37. The van der Waals surface area contributed by atoms with Crippen LogP contribution in [0, 0.1) is 27.7 Å². The van der Waals surface area contributed by atoms with Gasteiger partial charge in [-0.15, -0.1) is 11.3 Å². The maximum Gasteiger partial charge on any atom is 0.262 e. The predicted octanol–water partition coefficient (Wildman–Crippen LogP) is 3.73. The largest absolute Gasteiger partial charge is 0.496 e. The van der Waals surface area contributed by atoms with Crippen LogP contribution < -0.4 is 10.3 Å². The molecule has 0 atom stereocenters. The number of hydrogen-bond donors (Lipinski definition) is 1. The molecule has 1 aliphatic rings. The zero-order valence-corrected chi connectivity index (χ0v) is 19.8. The molecular weight excluding hydrogens is 410 g/mol. The molecule has 1 aliphatic heterocycles. The third-order valence-electron chi connectivity index (χ3n) is 6.87. The van der Waals surface area contributed by atoms with Gasteiger partial charge in [-0.3, -0.25) is 14.3 Å². The second-order valence-electron chi connectivity index (χ2n) is 8.82. The molecule has 2 aromatic heterocycles. The van der Waals surface area contributed by atoms with Gasteiger partial charge >= 0.3 is 0 Å². The molecule has 1 fully saturated rings. The molecule has 3 aromatic rings. The summed E-state index contributed by atoms with van der Waals surface area (Å²) in [5.74, 6) is 0.918. The van der Waals surface area contributed by atoms with Crippen molar-refractivity contribution < 1.29 is 9.84 Å². The topological polar surface area (TPSA) is 67.6 Å². The lowest BCUT2D eigenvalue weighted by Gasteiger charge is -2.38. The molecule has 0 aliphatic carbocycles. The summed E-state index contributed by atoms with van der Waals surface area (Å²) in [5.41, 5.74) is 3.78. The fourth-order valence-corrected chi connectivity index (χ4v) is 5.46.